The number of hydrogen-bond acceptors (Lipinski definition) is 5. The Hall–Kier alpha value is -4.38. The first-order valence-corrected chi connectivity index (χ1v) is 11.3. The molecule has 0 saturated carbocycles. The van der Waals surface area contributed by atoms with E-state index in [0.29, 0.717) is 23.1 Å². The molecule has 0 fully saturated rings. The molecule has 2 heterocycles. The Morgan fingerprint density at radius 3 is 2.59 bits per heavy atom. The molecule has 0 amide bonds. The largest absolute Gasteiger partial charge is 0.507 e. The lowest BCUT2D eigenvalue weighted by Crippen LogP contribution is -2.10. The summed E-state index contributed by atoms with van der Waals surface area (Å²) >= 11 is 0. The van der Waals surface area contributed by atoms with Crippen molar-refractivity contribution >= 4 is 33.2 Å². The van der Waals surface area contributed by atoms with Gasteiger partial charge in [0.25, 0.3) is 0 Å². The maximum absolute atomic E-state index is 13.0. The Kier molecular flexibility index (Phi) is 4.69. The van der Waals surface area contributed by atoms with E-state index < -0.39 is 0 Å². The third-order valence-corrected chi connectivity index (χ3v) is 6.56. The van der Waals surface area contributed by atoms with E-state index in [1.165, 1.54) is 16.3 Å². The van der Waals surface area contributed by atoms with Crippen molar-refractivity contribution in [3.8, 4) is 5.75 Å². The average Bonchev–Trinajstić information content (AvgIpc) is 3.48. The van der Waals surface area contributed by atoms with Gasteiger partial charge in [0.2, 0.25) is 5.78 Å². The van der Waals surface area contributed by atoms with Crippen molar-refractivity contribution in [2.24, 2.45) is 5.10 Å². The number of nitrogens with one attached hydrogen (secondary N) is 1. The van der Waals surface area contributed by atoms with Gasteiger partial charge in [-0.2, -0.15) is 5.10 Å². The molecule has 166 valence electrons. The summed E-state index contributed by atoms with van der Waals surface area (Å²) in [5.41, 5.74) is 7.64. The third kappa shape index (κ3) is 3.25. The summed E-state index contributed by atoms with van der Waals surface area (Å²) in [5.74, 6) is 0.197. The van der Waals surface area contributed by atoms with Crippen molar-refractivity contribution in [1.82, 2.24) is 5.43 Å². The Morgan fingerprint density at radius 1 is 0.971 bits per heavy atom. The smallest absolute Gasteiger partial charge is 0.228 e. The van der Waals surface area contributed by atoms with E-state index in [-0.39, 0.29) is 23.3 Å². The summed E-state index contributed by atoms with van der Waals surface area (Å²) in [6.45, 7) is 1.87. The fourth-order valence-corrected chi connectivity index (χ4v) is 4.77. The van der Waals surface area contributed by atoms with E-state index >= 15 is 0 Å². The molecule has 1 unspecified atom stereocenters. The number of carbonyl (C=O) groups excluding carboxylic acids is 1. The van der Waals surface area contributed by atoms with Crippen LogP contribution in [0.15, 0.2) is 94.4 Å². The molecule has 1 atom stereocenters. The third-order valence-electron chi connectivity index (χ3n) is 6.56. The van der Waals surface area contributed by atoms with Crippen LogP contribution in [0.2, 0.25) is 0 Å². The van der Waals surface area contributed by atoms with Crippen molar-refractivity contribution in [3.05, 3.63) is 113 Å². The first kappa shape index (κ1) is 20.2. The van der Waals surface area contributed by atoms with Gasteiger partial charge in [-0.3, -0.25) is 4.79 Å². The molecule has 0 saturated heterocycles. The molecule has 0 aliphatic carbocycles. The van der Waals surface area contributed by atoms with Crippen LogP contribution in [-0.2, 0) is 0 Å². The van der Waals surface area contributed by atoms with Gasteiger partial charge in [0.05, 0.1) is 11.8 Å². The molecule has 1 aliphatic rings. The van der Waals surface area contributed by atoms with Gasteiger partial charge >= 0.3 is 0 Å². The number of furan rings is 1. The van der Waals surface area contributed by atoms with Crippen molar-refractivity contribution in [2.75, 3.05) is 0 Å². The number of phenolic OH excluding ortho intramolecular Hbond substituents is 1. The average molecular weight is 447 g/mol. The van der Waals surface area contributed by atoms with Gasteiger partial charge in [0.1, 0.15) is 11.3 Å². The lowest BCUT2D eigenvalue weighted by Gasteiger charge is -2.13. The van der Waals surface area contributed by atoms with Crippen LogP contribution in [0.4, 0.5) is 0 Å². The van der Waals surface area contributed by atoms with Crippen LogP contribution < -0.4 is 5.43 Å². The summed E-state index contributed by atoms with van der Waals surface area (Å²) in [6, 6.07) is 27.1. The molecular formula is C29H22N2O3. The molecule has 5 nitrogen and oxygen atoms in total. The van der Waals surface area contributed by atoms with E-state index in [4.69, 9.17) is 4.42 Å². The number of fused-ring (bicyclic) bond motifs is 2. The topological polar surface area (TPSA) is 74.8 Å². The number of hydrazone groups is 1. The van der Waals surface area contributed by atoms with Gasteiger partial charge in [-0.05, 0) is 29.3 Å². The highest BCUT2D eigenvalue weighted by Gasteiger charge is 2.26. The molecule has 4 aromatic carbocycles. The molecule has 2 N–H and O–H groups in total. The second-order valence-corrected chi connectivity index (χ2v) is 8.63. The van der Waals surface area contributed by atoms with E-state index in [2.05, 4.69) is 40.9 Å². The number of nitrogens with zero attached hydrogens (tertiary/aromatic N) is 1. The van der Waals surface area contributed by atoms with Gasteiger partial charge in [-0.1, -0.05) is 72.8 Å². The molecular weight excluding hydrogens is 424 g/mol. The fourth-order valence-electron chi connectivity index (χ4n) is 4.77. The molecule has 1 aromatic heterocycles. The molecule has 5 aromatic rings. The Morgan fingerprint density at radius 2 is 1.74 bits per heavy atom. The van der Waals surface area contributed by atoms with Crippen molar-refractivity contribution in [1.29, 1.82) is 0 Å². The zero-order valence-corrected chi connectivity index (χ0v) is 18.6. The van der Waals surface area contributed by atoms with Crippen LogP contribution in [0.5, 0.6) is 5.75 Å². The normalized spacial score (nSPS) is 15.4. The quantitative estimate of drug-likeness (QED) is 0.319. The fraction of sp³-hybridized carbons (Fsp3) is 0.103. The SMILES string of the molecule is Cc1c(C(=O)c2ccccc2)oc2cc(O)c(C3=NNC(c4cccc5ccccc45)C3)cc12. The predicted molar refractivity (Wildman–Crippen MR) is 133 cm³/mol. The van der Waals surface area contributed by atoms with Crippen LogP contribution in [0.3, 0.4) is 0 Å². The Labute approximate surface area is 196 Å². The van der Waals surface area contributed by atoms with Crippen LogP contribution in [0.1, 0.15) is 45.3 Å². The summed E-state index contributed by atoms with van der Waals surface area (Å²) < 4.78 is 5.89. The van der Waals surface area contributed by atoms with Crippen molar-refractivity contribution in [2.45, 2.75) is 19.4 Å². The number of benzene rings is 4. The molecule has 0 spiro atoms. The standard InChI is InChI=1S/C29H22N2O3/c1-17-22-14-23(26(32)16-27(22)34-29(17)28(33)19-9-3-2-4-10-19)25-15-24(30-31-25)21-13-7-11-18-8-5-6-12-20(18)21/h2-14,16,24,30,32H,15H2,1H3. The summed E-state index contributed by atoms with van der Waals surface area (Å²) in [7, 11) is 0. The van der Waals surface area contributed by atoms with E-state index in [1.54, 1.807) is 18.2 Å². The minimum Gasteiger partial charge on any atom is -0.507 e. The highest BCUT2D eigenvalue weighted by Crippen LogP contribution is 2.36. The summed E-state index contributed by atoms with van der Waals surface area (Å²) in [5, 5.41) is 18.5. The van der Waals surface area contributed by atoms with Gasteiger partial charge in [-0.15, -0.1) is 0 Å². The molecule has 1 aliphatic heterocycles. The Bertz CT molecular complexity index is 1590. The summed E-state index contributed by atoms with van der Waals surface area (Å²) in [6.07, 6.45) is 0.639. The summed E-state index contributed by atoms with van der Waals surface area (Å²) in [4.78, 5) is 13.0. The monoisotopic (exact) mass is 446 g/mol. The predicted octanol–water partition coefficient (Wildman–Crippen LogP) is 6.27. The highest BCUT2D eigenvalue weighted by molar-refractivity contribution is 6.12. The maximum atomic E-state index is 13.0. The zero-order chi connectivity index (χ0) is 23.2. The number of rotatable bonds is 4. The molecule has 34 heavy (non-hydrogen) atoms. The van der Waals surface area contributed by atoms with Gasteiger partial charge in [0, 0.05) is 34.6 Å². The minimum atomic E-state index is -0.175. The molecule has 6 rings (SSSR count). The number of phenols is 1. The van der Waals surface area contributed by atoms with Gasteiger partial charge < -0.3 is 14.9 Å². The Balaban J connectivity index is 1.35. The first-order valence-electron chi connectivity index (χ1n) is 11.3. The highest BCUT2D eigenvalue weighted by atomic mass is 16.3. The van der Waals surface area contributed by atoms with Crippen LogP contribution in [0.25, 0.3) is 21.7 Å². The zero-order valence-electron chi connectivity index (χ0n) is 18.6. The molecule has 0 bridgehead atoms. The maximum Gasteiger partial charge on any atom is 0.228 e. The number of ketones is 1. The second-order valence-electron chi connectivity index (χ2n) is 8.63. The lowest BCUT2D eigenvalue weighted by atomic mass is 9.94. The minimum absolute atomic E-state index is 0.0110. The van der Waals surface area contributed by atoms with Crippen LogP contribution in [0, 0.1) is 6.92 Å². The molecule has 5 heteroatoms. The van der Waals surface area contributed by atoms with Crippen LogP contribution >= 0.6 is 0 Å². The van der Waals surface area contributed by atoms with Gasteiger partial charge in [0.15, 0.2) is 5.76 Å². The van der Waals surface area contributed by atoms with E-state index in [1.807, 2.05) is 43.3 Å². The lowest BCUT2D eigenvalue weighted by molar-refractivity contribution is 0.101. The van der Waals surface area contributed by atoms with E-state index in [0.717, 1.165) is 16.7 Å². The number of carbonyl (C=O) groups is 1. The van der Waals surface area contributed by atoms with Gasteiger partial charge in [-0.25, -0.2) is 0 Å². The van der Waals surface area contributed by atoms with Crippen molar-refractivity contribution in [3.63, 3.8) is 0 Å². The number of hydrogen-bond donors (Lipinski definition) is 2. The second kappa shape index (κ2) is 7.89. The number of aryl methyl sites for hydroxylation is 1. The van der Waals surface area contributed by atoms with E-state index in [9.17, 15) is 9.90 Å². The number of aromatic hydroxyl groups is 1. The molecule has 0 radical (unpaired) electrons. The van der Waals surface area contributed by atoms with Crippen molar-refractivity contribution < 1.29 is 14.3 Å². The van der Waals surface area contributed by atoms with Crippen LogP contribution in [-0.4, -0.2) is 16.6 Å². The first-order chi connectivity index (χ1) is 16.6.